The van der Waals surface area contributed by atoms with Crippen LogP contribution in [0.25, 0.3) is 11.1 Å². The number of benzene rings is 2. The topological polar surface area (TPSA) is 58.6 Å². The van der Waals surface area contributed by atoms with E-state index in [1.165, 1.54) is 0 Å². The van der Waals surface area contributed by atoms with E-state index in [9.17, 15) is 9.90 Å². The summed E-state index contributed by atoms with van der Waals surface area (Å²) in [6.07, 6.45) is 2.37. The van der Waals surface area contributed by atoms with Gasteiger partial charge >= 0.3 is 0 Å². The van der Waals surface area contributed by atoms with Crippen LogP contribution in [0.15, 0.2) is 53.6 Å². The molecule has 0 bridgehead atoms. The largest absolute Gasteiger partial charge is 0.496 e. The molecule has 1 aliphatic carbocycles. The zero-order chi connectivity index (χ0) is 17.8. The fourth-order valence-corrected chi connectivity index (χ4v) is 3.35. The lowest BCUT2D eigenvalue weighted by atomic mass is 10.0. The third-order valence-corrected chi connectivity index (χ3v) is 4.75. The molecule has 2 aromatic rings. The van der Waals surface area contributed by atoms with E-state index in [1.54, 1.807) is 13.2 Å². The van der Waals surface area contributed by atoms with Crippen molar-refractivity contribution in [3.05, 3.63) is 58.6 Å². The highest BCUT2D eigenvalue weighted by Crippen LogP contribution is 2.34. The van der Waals surface area contributed by atoms with Gasteiger partial charge in [0.15, 0.2) is 0 Å². The van der Waals surface area contributed by atoms with E-state index in [0.29, 0.717) is 22.7 Å². The Morgan fingerprint density at radius 2 is 2.04 bits per heavy atom. The van der Waals surface area contributed by atoms with Crippen molar-refractivity contribution in [2.75, 3.05) is 19.0 Å². The second-order valence-corrected chi connectivity index (χ2v) is 6.35. The number of halogens is 1. The maximum atomic E-state index is 12.4. The van der Waals surface area contributed by atoms with Crippen molar-refractivity contribution >= 4 is 23.2 Å². The zero-order valence-corrected chi connectivity index (χ0v) is 14.8. The van der Waals surface area contributed by atoms with Crippen LogP contribution in [0.2, 0.25) is 5.02 Å². The Bertz CT molecular complexity index is 829. The minimum Gasteiger partial charge on any atom is -0.496 e. The molecule has 0 radical (unpaired) electrons. The van der Waals surface area contributed by atoms with Crippen LogP contribution in [0.4, 0.5) is 5.69 Å². The summed E-state index contributed by atoms with van der Waals surface area (Å²) in [5.74, 6) is 0.576. The molecule has 25 heavy (non-hydrogen) atoms. The summed E-state index contributed by atoms with van der Waals surface area (Å²) in [6.45, 7) is -0.0662. The molecule has 130 valence electrons. The molecule has 0 heterocycles. The summed E-state index contributed by atoms with van der Waals surface area (Å²) < 4.78 is 5.38. The first-order valence-electron chi connectivity index (χ1n) is 8.20. The van der Waals surface area contributed by atoms with Crippen LogP contribution in [-0.4, -0.2) is 24.7 Å². The van der Waals surface area contributed by atoms with Crippen LogP contribution in [0.5, 0.6) is 5.75 Å². The van der Waals surface area contributed by atoms with Crippen LogP contribution >= 0.6 is 11.6 Å². The molecule has 2 aromatic carbocycles. The third-order valence-electron chi connectivity index (χ3n) is 4.43. The second kappa shape index (κ2) is 7.72. The van der Waals surface area contributed by atoms with E-state index in [0.717, 1.165) is 35.3 Å². The second-order valence-electron chi connectivity index (χ2n) is 5.94. The number of hydrogen-bond donors (Lipinski definition) is 2. The fourth-order valence-electron chi connectivity index (χ4n) is 3.12. The van der Waals surface area contributed by atoms with E-state index in [-0.39, 0.29) is 12.5 Å². The van der Waals surface area contributed by atoms with Gasteiger partial charge in [-0.05, 0) is 48.6 Å². The number of methoxy groups -OCH3 is 1. The van der Waals surface area contributed by atoms with Gasteiger partial charge in [-0.25, -0.2) is 0 Å². The van der Waals surface area contributed by atoms with E-state index >= 15 is 0 Å². The quantitative estimate of drug-likeness (QED) is 0.832. The van der Waals surface area contributed by atoms with E-state index in [1.807, 2.05) is 36.4 Å². The Morgan fingerprint density at radius 3 is 2.76 bits per heavy atom. The summed E-state index contributed by atoms with van der Waals surface area (Å²) >= 11 is 6.37. The average molecular weight is 358 g/mol. The minimum absolute atomic E-state index is 0.0662. The monoisotopic (exact) mass is 357 g/mol. The SMILES string of the molecule is COc1ccccc1-c1ccc(NC(=O)C2=C(CO)CCC2)c(Cl)c1. The molecule has 5 heteroatoms. The summed E-state index contributed by atoms with van der Waals surface area (Å²) in [4.78, 5) is 12.4. The molecule has 1 aliphatic rings. The van der Waals surface area contributed by atoms with Gasteiger partial charge in [0.05, 0.1) is 24.4 Å². The van der Waals surface area contributed by atoms with Crippen molar-refractivity contribution in [2.45, 2.75) is 19.3 Å². The van der Waals surface area contributed by atoms with Gasteiger partial charge in [0.2, 0.25) is 0 Å². The highest BCUT2D eigenvalue weighted by Gasteiger charge is 2.21. The first-order valence-corrected chi connectivity index (χ1v) is 8.58. The van der Waals surface area contributed by atoms with Crippen molar-refractivity contribution in [1.82, 2.24) is 0 Å². The molecule has 4 nitrogen and oxygen atoms in total. The van der Waals surface area contributed by atoms with Crippen molar-refractivity contribution < 1.29 is 14.6 Å². The molecular formula is C20H20ClNO3. The highest BCUT2D eigenvalue weighted by atomic mass is 35.5. The lowest BCUT2D eigenvalue weighted by Gasteiger charge is -2.12. The normalized spacial score (nSPS) is 13.9. The Labute approximate surface area is 152 Å². The summed E-state index contributed by atoms with van der Waals surface area (Å²) in [5, 5.41) is 12.7. The Balaban J connectivity index is 1.84. The number of amides is 1. The van der Waals surface area contributed by atoms with Crippen molar-refractivity contribution in [1.29, 1.82) is 0 Å². The number of carbonyl (C=O) groups is 1. The molecule has 0 fully saturated rings. The molecule has 0 saturated heterocycles. The van der Waals surface area contributed by atoms with Gasteiger partial charge in [-0.3, -0.25) is 4.79 Å². The smallest absolute Gasteiger partial charge is 0.251 e. The van der Waals surface area contributed by atoms with E-state index in [4.69, 9.17) is 16.3 Å². The van der Waals surface area contributed by atoms with Crippen molar-refractivity contribution in [3.63, 3.8) is 0 Å². The summed E-state index contributed by atoms with van der Waals surface area (Å²) in [7, 11) is 1.63. The first-order chi connectivity index (χ1) is 12.1. The molecule has 3 rings (SSSR count). The van der Waals surface area contributed by atoms with Gasteiger partial charge in [-0.1, -0.05) is 35.9 Å². The van der Waals surface area contributed by atoms with Crippen molar-refractivity contribution in [2.24, 2.45) is 0 Å². The average Bonchev–Trinajstić information content (AvgIpc) is 3.12. The number of carbonyl (C=O) groups excluding carboxylic acids is 1. The van der Waals surface area contributed by atoms with Gasteiger partial charge in [-0.15, -0.1) is 0 Å². The number of ether oxygens (including phenoxy) is 1. The standard InChI is InChI=1S/C20H20ClNO3/c1-25-19-8-3-2-6-15(19)13-9-10-18(17(21)11-13)22-20(24)16-7-4-5-14(16)12-23/h2-3,6,8-11,23H,4-5,7,12H2,1H3,(H,22,24). The van der Waals surface area contributed by atoms with Crippen molar-refractivity contribution in [3.8, 4) is 16.9 Å². The number of anilines is 1. The molecule has 0 atom stereocenters. The fraction of sp³-hybridized carbons (Fsp3) is 0.250. The molecule has 1 amide bonds. The number of aliphatic hydroxyl groups is 1. The van der Waals surface area contributed by atoms with Gasteiger partial charge < -0.3 is 15.2 Å². The first kappa shape index (κ1) is 17.5. The maximum absolute atomic E-state index is 12.4. The Kier molecular flexibility index (Phi) is 5.41. The summed E-state index contributed by atoms with van der Waals surface area (Å²) in [6, 6.07) is 13.2. The van der Waals surface area contributed by atoms with Crippen LogP contribution in [0, 0.1) is 0 Å². The molecule has 0 aromatic heterocycles. The molecule has 0 spiro atoms. The number of nitrogens with one attached hydrogen (secondary N) is 1. The lowest BCUT2D eigenvalue weighted by molar-refractivity contribution is -0.113. The molecule has 0 saturated carbocycles. The molecule has 0 unspecified atom stereocenters. The van der Waals surface area contributed by atoms with E-state index < -0.39 is 0 Å². The van der Waals surface area contributed by atoms with E-state index in [2.05, 4.69) is 5.32 Å². The van der Waals surface area contributed by atoms with Gasteiger partial charge in [0.25, 0.3) is 5.91 Å². The Hall–Kier alpha value is -2.30. The number of aliphatic hydroxyl groups excluding tert-OH is 1. The maximum Gasteiger partial charge on any atom is 0.251 e. The Morgan fingerprint density at radius 1 is 1.24 bits per heavy atom. The minimum atomic E-state index is -0.187. The highest BCUT2D eigenvalue weighted by molar-refractivity contribution is 6.34. The predicted molar refractivity (Wildman–Crippen MR) is 100 cm³/mol. The molecule has 2 N–H and O–H groups in total. The molecule has 0 aliphatic heterocycles. The summed E-state index contributed by atoms with van der Waals surface area (Å²) in [5.41, 5.74) is 3.90. The van der Waals surface area contributed by atoms with Gasteiger partial charge in [0, 0.05) is 11.1 Å². The molecular weight excluding hydrogens is 338 g/mol. The number of para-hydroxylation sites is 1. The van der Waals surface area contributed by atoms with Gasteiger partial charge in [-0.2, -0.15) is 0 Å². The van der Waals surface area contributed by atoms with Crippen LogP contribution in [0.3, 0.4) is 0 Å². The van der Waals surface area contributed by atoms with Crippen LogP contribution in [0.1, 0.15) is 19.3 Å². The third kappa shape index (κ3) is 3.70. The number of hydrogen-bond acceptors (Lipinski definition) is 3. The zero-order valence-electron chi connectivity index (χ0n) is 14.0. The lowest BCUT2D eigenvalue weighted by Crippen LogP contribution is -2.15. The number of rotatable bonds is 5. The van der Waals surface area contributed by atoms with Gasteiger partial charge in [0.1, 0.15) is 5.75 Å². The predicted octanol–water partition coefficient (Wildman–Crippen LogP) is 4.43. The van der Waals surface area contributed by atoms with Crippen LogP contribution in [-0.2, 0) is 4.79 Å². The van der Waals surface area contributed by atoms with Crippen LogP contribution < -0.4 is 10.1 Å².